The van der Waals surface area contributed by atoms with Gasteiger partial charge in [0.15, 0.2) is 11.4 Å². The molecule has 8 heteroatoms. The van der Waals surface area contributed by atoms with E-state index in [9.17, 15) is 5.11 Å². The number of thioether (sulfide) groups is 1. The number of ether oxygens (including phenoxy) is 2. The van der Waals surface area contributed by atoms with Crippen molar-refractivity contribution in [2.75, 3.05) is 5.75 Å². The number of nitrogens with zero attached hydrogens (tertiary/aromatic N) is 2. The number of H-pyrrole nitrogens is 1. The third-order valence-corrected chi connectivity index (χ3v) is 7.08. The number of nitrogens with two attached hydrogens (primary N) is 1. The molecule has 1 aliphatic rings. The number of hydrogen-bond acceptors (Lipinski definition) is 7. The maximum atomic E-state index is 9.41. The second-order valence-electron chi connectivity index (χ2n) is 8.48. The molecule has 180 valence electrons. The van der Waals surface area contributed by atoms with E-state index >= 15 is 0 Å². The summed E-state index contributed by atoms with van der Waals surface area (Å²) in [5, 5.41) is 17.0. The highest BCUT2D eigenvalue weighted by Gasteiger charge is 2.32. The Morgan fingerprint density at radius 2 is 1.74 bits per heavy atom. The van der Waals surface area contributed by atoms with E-state index in [1.165, 1.54) is 6.33 Å². The second kappa shape index (κ2) is 11.2. The summed E-state index contributed by atoms with van der Waals surface area (Å²) < 4.78 is 12.9. The van der Waals surface area contributed by atoms with Crippen LogP contribution in [-0.4, -0.2) is 32.1 Å². The molecule has 2 heterocycles. The second-order valence-corrected chi connectivity index (χ2v) is 9.49. The van der Waals surface area contributed by atoms with Crippen LogP contribution >= 0.6 is 11.8 Å². The molecule has 4 aromatic rings. The van der Waals surface area contributed by atoms with Gasteiger partial charge in [-0.15, -0.1) is 0 Å². The van der Waals surface area contributed by atoms with Gasteiger partial charge in [0, 0.05) is 24.3 Å². The fraction of sp³-hybridized carbons (Fsp3) is 0.259. The molecule has 3 unspecified atom stereocenters. The van der Waals surface area contributed by atoms with E-state index in [1.807, 2.05) is 48.5 Å². The van der Waals surface area contributed by atoms with Crippen molar-refractivity contribution in [2.24, 2.45) is 5.73 Å². The van der Waals surface area contributed by atoms with Crippen molar-refractivity contribution in [1.82, 2.24) is 15.2 Å². The molecule has 0 saturated carbocycles. The van der Waals surface area contributed by atoms with Crippen molar-refractivity contribution in [3.8, 4) is 11.1 Å². The summed E-state index contributed by atoms with van der Waals surface area (Å²) >= 11 is 1.58. The largest absolute Gasteiger partial charge is 0.392 e. The molecule has 0 spiro atoms. The lowest BCUT2D eigenvalue weighted by molar-refractivity contribution is -0.245. The van der Waals surface area contributed by atoms with Gasteiger partial charge in [-0.2, -0.15) is 5.10 Å². The molecule has 7 nitrogen and oxygen atoms in total. The number of nitrogens with one attached hydrogen (secondary N) is 1. The van der Waals surface area contributed by atoms with Crippen LogP contribution in [0.25, 0.3) is 11.1 Å². The summed E-state index contributed by atoms with van der Waals surface area (Å²) in [6.45, 7) is 0.524. The lowest BCUT2D eigenvalue weighted by atomic mass is 9.99. The van der Waals surface area contributed by atoms with Gasteiger partial charge in [0.1, 0.15) is 6.33 Å². The molecule has 0 amide bonds. The van der Waals surface area contributed by atoms with Gasteiger partial charge in [-0.25, -0.2) is 4.98 Å². The first-order valence-electron chi connectivity index (χ1n) is 11.6. The number of benzene rings is 3. The highest BCUT2D eigenvalue weighted by atomic mass is 32.2. The summed E-state index contributed by atoms with van der Waals surface area (Å²) in [6, 6.07) is 24.5. The Balaban J connectivity index is 1.40. The van der Waals surface area contributed by atoms with E-state index in [2.05, 4.69) is 39.4 Å². The van der Waals surface area contributed by atoms with E-state index in [4.69, 9.17) is 15.2 Å². The smallest absolute Gasteiger partial charge is 0.184 e. The van der Waals surface area contributed by atoms with Crippen LogP contribution in [-0.2, 0) is 22.6 Å². The number of rotatable bonds is 8. The lowest BCUT2D eigenvalue weighted by Crippen LogP contribution is -2.31. The molecule has 1 aliphatic heterocycles. The molecule has 0 bridgehead atoms. The van der Waals surface area contributed by atoms with Crippen molar-refractivity contribution in [3.05, 3.63) is 101 Å². The highest BCUT2D eigenvalue weighted by molar-refractivity contribution is 7.99. The Labute approximate surface area is 208 Å². The van der Waals surface area contributed by atoms with Crippen LogP contribution in [0, 0.1) is 0 Å². The van der Waals surface area contributed by atoms with Crippen LogP contribution in [0.1, 0.15) is 41.1 Å². The summed E-state index contributed by atoms with van der Waals surface area (Å²) in [5.41, 5.74) is 12.0. The topological polar surface area (TPSA) is 106 Å². The third kappa shape index (κ3) is 5.80. The Bertz CT molecular complexity index is 1230. The number of hydrogen-bond donors (Lipinski definition) is 3. The highest BCUT2D eigenvalue weighted by Crippen LogP contribution is 2.40. The van der Waals surface area contributed by atoms with Crippen molar-refractivity contribution in [2.45, 2.75) is 43.2 Å². The zero-order valence-electron chi connectivity index (χ0n) is 19.2. The molecule has 0 radical (unpaired) electrons. The fourth-order valence-electron chi connectivity index (χ4n) is 4.20. The zero-order valence-corrected chi connectivity index (χ0v) is 20.0. The molecule has 5 rings (SSSR count). The van der Waals surface area contributed by atoms with Gasteiger partial charge < -0.3 is 20.3 Å². The third-order valence-electron chi connectivity index (χ3n) is 6.07. The van der Waals surface area contributed by atoms with Crippen molar-refractivity contribution in [1.29, 1.82) is 0 Å². The molecular weight excluding hydrogens is 460 g/mol. The van der Waals surface area contributed by atoms with Gasteiger partial charge >= 0.3 is 0 Å². The molecule has 1 fully saturated rings. The van der Waals surface area contributed by atoms with E-state index in [0.29, 0.717) is 13.0 Å². The van der Waals surface area contributed by atoms with Crippen LogP contribution in [0.5, 0.6) is 0 Å². The van der Waals surface area contributed by atoms with Crippen LogP contribution < -0.4 is 5.73 Å². The quantitative estimate of drug-likeness (QED) is 0.307. The van der Waals surface area contributed by atoms with Crippen LogP contribution in [0.2, 0.25) is 0 Å². The Morgan fingerprint density at radius 3 is 2.49 bits per heavy atom. The van der Waals surface area contributed by atoms with E-state index in [0.717, 1.165) is 44.3 Å². The van der Waals surface area contributed by atoms with E-state index in [1.54, 1.807) is 11.8 Å². The average molecular weight is 489 g/mol. The predicted molar refractivity (Wildman–Crippen MR) is 135 cm³/mol. The maximum absolute atomic E-state index is 9.41. The molecule has 35 heavy (non-hydrogen) atoms. The summed E-state index contributed by atoms with van der Waals surface area (Å²) in [5.74, 6) is 0.721. The molecular formula is C27H28N4O3S. The molecule has 3 atom stereocenters. The Morgan fingerprint density at radius 1 is 0.943 bits per heavy atom. The molecule has 3 aromatic carbocycles. The van der Waals surface area contributed by atoms with Crippen LogP contribution in [0.3, 0.4) is 0 Å². The van der Waals surface area contributed by atoms with Crippen molar-refractivity contribution >= 4 is 11.8 Å². The van der Waals surface area contributed by atoms with Gasteiger partial charge in [-0.1, -0.05) is 72.4 Å². The summed E-state index contributed by atoms with van der Waals surface area (Å²) in [7, 11) is 0. The fourth-order valence-corrected chi connectivity index (χ4v) is 5.00. The predicted octanol–water partition coefficient (Wildman–Crippen LogP) is 4.76. The number of aliphatic hydroxyl groups excluding tert-OH is 1. The first kappa shape index (κ1) is 23.7. The molecule has 1 aromatic heterocycles. The molecule has 4 N–H and O–H groups in total. The van der Waals surface area contributed by atoms with Gasteiger partial charge in [-0.05, 0) is 39.9 Å². The Kier molecular flexibility index (Phi) is 7.56. The Hall–Kier alpha value is -3.01. The summed E-state index contributed by atoms with van der Waals surface area (Å²) in [4.78, 5) is 4.21. The minimum Gasteiger partial charge on any atom is -0.392 e. The van der Waals surface area contributed by atoms with Crippen LogP contribution in [0.15, 0.2) is 84.3 Å². The zero-order chi connectivity index (χ0) is 24.0. The van der Waals surface area contributed by atoms with E-state index in [-0.39, 0.29) is 18.8 Å². The van der Waals surface area contributed by atoms with Gasteiger partial charge in [0.2, 0.25) is 0 Å². The van der Waals surface area contributed by atoms with Gasteiger partial charge in [-0.3, -0.25) is 5.10 Å². The number of aromatic amines is 1. The minimum absolute atomic E-state index is 0.0200. The standard InChI is InChI=1S/C27H28N4O3S/c28-14-19-3-1-4-21(11-19)22-5-2-6-23(12-22)26-33-24(16-35-27-29-17-30-31-27)13-25(34-26)20-9-7-18(15-32)8-10-20/h1-12,17,24-26,32H,13-16,28H2,(H,29,30,31). The SMILES string of the molecule is NCc1cccc(-c2cccc(C3OC(CSc4ncn[nH]4)CC(c4ccc(CO)cc4)O3)c2)c1. The summed E-state index contributed by atoms with van der Waals surface area (Å²) in [6.07, 6.45) is 1.53. The van der Waals surface area contributed by atoms with Crippen molar-refractivity contribution in [3.63, 3.8) is 0 Å². The van der Waals surface area contributed by atoms with Gasteiger partial charge in [0.05, 0.1) is 18.8 Å². The van der Waals surface area contributed by atoms with E-state index < -0.39 is 6.29 Å². The normalized spacial score (nSPS) is 20.1. The first-order valence-corrected chi connectivity index (χ1v) is 12.6. The van der Waals surface area contributed by atoms with Gasteiger partial charge in [0.25, 0.3) is 0 Å². The molecule has 1 saturated heterocycles. The number of aromatic nitrogens is 3. The lowest BCUT2D eigenvalue weighted by Gasteiger charge is -2.36. The monoisotopic (exact) mass is 488 g/mol. The number of aliphatic hydroxyl groups is 1. The van der Waals surface area contributed by atoms with Crippen LogP contribution in [0.4, 0.5) is 0 Å². The average Bonchev–Trinajstić information content (AvgIpc) is 3.46. The van der Waals surface area contributed by atoms with Crippen molar-refractivity contribution < 1.29 is 14.6 Å². The first-order chi connectivity index (χ1) is 17.2. The maximum Gasteiger partial charge on any atom is 0.184 e. The minimum atomic E-state index is -0.510. The molecule has 0 aliphatic carbocycles.